The summed E-state index contributed by atoms with van der Waals surface area (Å²) in [5.41, 5.74) is 9.50. The van der Waals surface area contributed by atoms with E-state index in [2.05, 4.69) is 25.6 Å². The number of carbonyl (C=O) groups excluding carboxylic acids is 1. The number of nitrogens with one attached hydrogen (secondary N) is 2. The quantitative estimate of drug-likeness (QED) is 0.391. The van der Waals surface area contributed by atoms with Gasteiger partial charge in [-0.1, -0.05) is 0 Å². The molecule has 2 aliphatic rings. The van der Waals surface area contributed by atoms with E-state index >= 15 is 0 Å². The highest BCUT2D eigenvalue weighted by molar-refractivity contribution is 8.00. The molecule has 1 saturated carbocycles. The predicted octanol–water partition coefficient (Wildman–Crippen LogP) is 2.79. The molecule has 1 fully saturated rings. The maximum Gasteiger partial charge on any atom is 0.235 e. The van der Waals surface area contributed by atoms with Crippen molar-refractivity contribution in [3.8, 4) is 5.88 Å². The second-order valence-electron chi connectivity index (χ2n) is 9.12. The molecule has 0 radical (unpaired) electrons. The maximum atomic E-state index is 11.6. The van der Waals surface area contributed by atoms with Gasteiger partial charge in [0.2, 0.25) is 11.8 Å². The van der Waals surface area contributed by atoms with E-state index in [1.165, 1.54) is 11.8 Å². The molecule has 3 aromatic rings. The zero-order valence-corrected chi connectivity index (χ0v) is 20.4. The molecule has 1 aliphatic heterocycles. The molecule has 5 rings (SSSR count). The predicted molar refractivity (Wildman–Crippen MR) is 135 cm³/mol. The highest BCUT2D eigenvalue weighted by Gasteiger charge is 2.31. The summed E-state index contributed by atoms with van der Waals surface area (Å²) in [6.45, 7) is 0.647. The lowest BCUT2D eigenvalue weighted by atomic mass is 9.79. The van der Waals surface area contributed by atoms with E-state index in [4.69, 9.17) is 10.5 Å². The summed E-state index contributed by atoms with van der Waals surface area (Å²) in [4.78, 5) is 26.1. The lowest BCUT2D eigenvalue weighted by Crippen LogP contribution is -2.41. The smallest absolute Gasteiger partial charge is 0.235 e. The Balaban J connectivity index is 1.17. The summed E-state index contributed by atoms with van der Waals surface area (Å²) in [7, 11) is 1.57. The van der Waals surface area contributed by atoms with Crippen LogP contribution < -0.4 is 21.1 Å². The Bertz CT molecular complexity index is 1220. The summed E-state index contributed by atoms with van der Waals surface area (Å²) in [6.07, 6.45) is 4.67. The molecule has 0 spiro atoms. The number of carbonyl (C=O) groups is 1. The Hall–Kier alpha value is -2.79. The Morgan fingerprint density at radius 1 is 1.20 bits per heavy atom. The van der Waals surface area contributed by atoms with Crippen molar-refractivity contribution < 1.29 is 14.6 Å². The standard InChI is InChI=1S/C25H30N6O3S/c1-34-21-9-7-18-23(31-21)17(10-11-27-18)24(33)22(26)14-2-4-15(5-3-14)28-12-16-6-8-19-25(29-16)30-20(32)13-35-19/h6-11,14-15,22,24,28,33H,2-5,12-13,26H2,1H3,(H,29,30,32)/t14-,15-,22-,24-/m1/s1. The van der Waals surface area contributed by atoms with E-state index in [-0.39, 0.29) is 11.8 Å². The molecule has 2 atom stereocenters. The van der Waals surface area contributed by atoms with E-state index in [0.717, 1.165) is 36.3 Å². The van der Waals surface area contributed by atoms with Crippen LogP contribution in [0, 0.1) is 5.92 Å². The number of amides is 1. The summed E-state index contributed by atoms with van der Waals surface area (Å²) in [5.74, 6) is 1.78. The minimum atomic E-state index is -0.831. The SMILES string of the molecule is COc1ccc2nccc([C@@H](O)[C@H](N)[C@H]3CC[C@H](NCc4ccc5c(n4)NC(=O)CS5)CC3)c2n1. The monoisotopic (exact) mass is 494 g/mol. The van der Waals surface area contributed by atoms with E-state index in [9.17, 15) is 9.90 Å². The van der Waals surface area contributed by atoms with Gasteiger partial charge in [0.15, 0.2) is 0 Å². The number of methoxy groups -OCH3 is 1. The average Bonchev–Trinajstić information content (AvgIpc) is 2.90. The second-order valence-corrected chi connectivity index (χ2v) is 10.1. The molecular weight excluding hydrogens is 464 g/mol. The van der Waals surface area contributed by atoms with Crippen LogP contribution >= 0.6 is 11.8 Å². The van der Waals surface area contributed by atoms with E-state index in [0.29, 0.717) is 46.6 Å². The molecule has 35 heavy (non-hydrogen) atoms. The number of fused-ring (bicyclic) bond motifs is 2. The highest BCUT2D eigenvalue weighted by atomic mass is 32.2. The molecule has 184 valence electrons. The number of aliphatic hydroxyl groups is 1. The van der Waals surface area contributed by atoms with Gasteiger partial charge in [-0.3, -0.25) is 9.78 Å². The number of hydrogen-bond acceptors (Lipinski definition) is 9. The number of aromatic nitrogens is 3. The second kappa shape index (κ2) is 10.4. The third-order valence-corrected chi connectivity index (χ3v) is 7.95. The first-order valence-corrected chi connectivity index (χ1v) is 12.9. The van der Waals surface area contributed by atoms with Crippen molar-refractivity contribution in [1.29, 1.82) is 0 Å². The third-order valence-electron chi connectivity index (χ3n) is 6.90. The number of pyridine rings is 3. The van der Waals surface area contributed by atoms with Crippen LogP contribution in [-0.2, 0) is 11.3 Å². The summed E-state index contributed by atoms with van der Waals surface area (Å²) in [6, 6.07) is 9.39. The number of hydrogen-bond donors (Lipinski definition) is 4. The van der Waals surface area contributed by atoms with Crippen molar-refractivity contribution in [2.45, 2.75) is 55.3 Å². The van der Waals surface area contributed by atoms with Gasteiger partial charge >= 0.3 is 0 Å². The number of thioether (sulfide) groups is 1. The number of aliphatic hydroxyl groups excluding tert-OH is 1. The first kappa shape index (κ1) is 23.9. The van der Waals surface area contributed by atoms with Crippen LogP contribution in [0.5, 0.6) is 5.88 Å². The summed E-state index contributed by atoms with van der Waals surface area (Å²) < 4.78 is 5.25. The van der Waals surface area contributed by atoms with Crippen molar-refractivity contribution in [3.05, 3.63) is 47.8 Å². The lowest BCUT2D eigenvalue weighted by Gasteiger charge is -2.34. The third kappa shape index (κ3) is 5.25. The Morgan fingerprint density at radius 2 is 2.03 bits per heavy atom. The van der Waals surface area contributed by atoms with Crippen LogP contribution in [0.1, 0.15) is 43.0 Å². The van der Waals surface area contributed by atoms with Gasteiger partial charge in [-0.25, -0.2) is 9.97 Å². The molecule has 9 nitrogen and oxygen atoms in total. The van der Waals surface area contributed by atoms with E-state index in [1.807, 2.05) is 18.2 Å². The number of nitrogens with zero attached hydrogens (tertiary/aromatic N) is 3. The molecule has 4 heterocycles. The van der Waals surface area contributed by atoms with Crippen molar-refractivity contribution in [3.63, 3.8) is 0 Å². The van der Waals surface area contributed by atoms with Crippen molar-refractivity contribution >= 4 is 34.5 Å². The zero-order valence-electron chi connectivity index (χ0n) is 19.6. The van der Waals surface area contributed by atoms with Gasteiger partial charge in [-0.2, -0.15) is 0 Å². The Kier molecular flexibility index (Phi) is 7.14. The molecule has 5 N–H and O–H groups in total. The van der Waals surface area contributed by atoms with Crippen LogP contribution in [-0.4, -0.2) is 50.9 Å². The molecule has 1 aliphatic carbocycles. The molecule has 0 unspecified atom stereocenters. The fraction of sp³-hybridized carbons (Fsp3) is 0.440. The van der Waals surface area contributed by atoms with Crippen LogP contribution in [0.3, 0.4) is 0 Å². The highest BCUT2D eigenvalue weighted by Crippen LogP contribution is 2.34. The van der Waals surface area contributed by atoms with Gasteiger partial charge < -0.3 is 26.2 Å². The van der Waals surface area contributed by atoms with Gasteiger partial charge in [0, 0.05) is 36.5 Å². The van der Waals surface area contributed by atoms with Gasteiger partial charge in [0.1, 0.15) is 5.82 Å². The average molecular weight is 495 g/mol. The van der Waals surface area contributed by atoms with Crippen molar-refractivity contribution in [2.75, 3.05) is 18.2 Å². The van der Waals surface area contributed by atoms with Crippen LogP contribution in [0.15, 0.2) is 41.4 Å². The van der Waals surface area contributed by atoms with Crippen LogP contribution in [0.25, 0.3) is 11.0 Å². The summed E-state index contributed by atoms with van der Waals surface area (Å²) >= 11 is 1.52. The maximum absolute atomic E-state index is 11.6. The van der Waals surface area contributed by atoms with Crippen LogP contribution in [0.4, 0.5) is 5.82 Å². The van der Waals surface area contributed by atoms with Gasteiger partial charge in [0.05, 0.1) is 40.6 Å². The van der Waals surface area contributed by atoms with Crippen LogP contribution in [0.2, 0.25) is 0 Å². The fourth-order valence-corrected chi connectivity index (χ4v) is 5.66. The molecule has 3 aromatic heterocycles. The minimum absolute atomic E-state index is 0.00774. The fourth-order valence-electron chi connectivity index (χ4n) is 4.90. The van der Waals surface area contributed by atoms with E-state index in [1.54, 1.807) is 25.4 Å². The normalized spacial score (nSPS) is 21.7. The Labute approximate surface area is 208 Å². The molecule has 0 saturated heterocycles. The zero-order chi connectivity index (χ0) is 24.4. The van der Waals surface area contributed by atoms with Gasteiger partial charge in [-0.15, -0.1) is 11.8 Å². The number of anilines is 1. The molecule has 0 aromatic carbocycles. The number of rotatable bonds is 7. The summed E-state index contributed by atoms with van der Waals surface area (Å²) in [5, 5.41) is 17.6. The molecule has 1 amide bonds. The minimum Gasteiger partial charge on any atom is -0.481 e. The van der Waals surface area contributed by atoms with E-state index < -0.39 is 12.1 Å². The first-order chi connectivity index (χ1) is 17.0. The lowest BCUT2D eigenvalue weighted by molar-refractivity contribution is -0.113. The number of ether oxygens (including phenoxy) is 1. The first-order valence-electron chi connectivity index (χ1n) is 11.9. The van der Waals surface area contributed by atoms with Crippen molar-refractivity contribution in [2.24, 2.45) is 11.7 Å². The molecule has 0 bridgehead atoms. The molecular formula is C25H30N6O3S. The van der Waals surface area contributed by atoms with Crippen molar-refractivity contribution in [1.82, 2.24) is 20.3 Å². The van der Waals surface area contributed by atoms with Gasteiger partial charge in [0.25, 0.3) is 0 Å². The topological polar surface area (TPSA) is 135 Å². The Morgan fingerprint density at radius 3 is 2.83 bits per heavy atom. The van der Waals surface area contributed by atoms with Gasteiger partial charge in [-0.05, 0) is 55.9 Å². The largest absolute Gasteiger partial charge is 0.481 e. The molecule has 10 heteroatoms. The number of nitrogens with two attached hydrogens (primary N) is 1.